The Labute approximate surface area is 225 Å². The van der Waals surface area contributed by atoms with Crippen molar-refractivity contribution in [2.45, 2.75) is 68.2 Å². The summed E-state index contributed by atoms with van der Waals surface area (Å²) in [4.78, 5) is 5.57. The minimum Gasteiger partial charge on any atom is -0.363 e. The molecular weight excluding hydrogens is 474 g/mol. The molecule has 1 fully saturated rings. The highest BCUT2D eigenvalue weighted by Crippen LogP contribution is 2.51. The first-order chi connectivity index (χ1) is 16.9. The van der Waals surface area contributed by atoms with Crippen LogP contribution >= 0.6 is 15.8 Å². The molecule has 1 aliphatic heterocycles. The van der Waals surface area contributed by atoms with Crippen molar-refractivity contribution >= 4 is 27.2 Å². The van der Waals surface area contributed by atoms with Gasteiger partial charge in [0.1, 0.15) is 0 Å². The third kappa shape index (κ3) is 10.3. The topological polar surface area (TPSA) is 6.48 Å². The summed E-state index contributed by atoms with van der Waals surface area (Å²) >= 11 is 0. The van der Waals surface area contributed by atoms with Crippen LogP contribution in [0.25, 0.3) is 0 Å². The molecule has 0 bridgehead atoms. The van der Waals surface area contributed by atoms with E-state index in [1.165, 1.54) is 61.7 Å². The van der Waals surface area contributed by atoms with Crippen molar-refractivity contribution in [1.29, 1.82) is 0 Å². The summed E-state index contributed by atoms with van der Waals surface area (Å²) in [5.74, 6) is 1.53. The molecule has 0 amide bonds. The minimum absolute atomic E-state index is 0.133. The van der Waals surface area contributed by atoms with Gasteiger partial charge in [-0.05, 0) is 72.1 Å². The van der Waals surface area contributed by atoms with E-state index >= 15 is 0 Å². The molecule has 1 heterocycles. The second-order valence-electron chi connectivity index (χ2n) is 13.8. The molecular formula is C32H52N2P2. The molecule has 2 atom stereocenters. The number of anilines is 2. The Morgan fingerprint density at radius 1 is 0.583 bits per heavy atom. The normalized spacial score (nSPS) is 21.6. The second kappa shape index (κ2) is 13.1. The van der Waals surface area contributed by atoms with Crippen molar-refractivity contribution in [3.63, 3.8) is 0 Å². The number of hydrogen-bond donors (Lipinski definition) is 0. The van der Waals surface area contributed by atoms with Crippen molar-refractivity contribution in [2.75, 3.05) is 47.3 Å². The van der Waals surface area contributed by atoms with E-state index in [0.717, 1.165) is 11.8 Å². The predicted molar refractivity (Wildman–Crippen MR) is 167 cm³/mol. The SMILES string of the molecule is CC(CP1CN(c2ccccc2)CP(CC(C)CC(C)(C)C)CN(c2ccccc2)C1)CC(C)(C)C. The van der Waals surface area contributed by atoms with Gasteiger partial charge < -0.3 is 9.80 Å². The van der Waals surface area contributed by atoms with Crippen molar-refractivity contribution in [1.82, 2.24) is 0 Å². The van der Waals surface area contributed by atoms with Gasteiger partial charge in [-0.25, -0.2) is 0 Å². The zero-order valence-electron chi connectivity index (χ0n) is 24.4. The average molecular weight is 527 g/mol. The maximum Gasteiger partial charge on any atom is 0.0397 e. The number of benzene rings is 2. The molecule has 1 aliphatic rings. The van der Waals surface area contributed by atoms with Crippen LogP contribution in [0.3, 0.4) is 0 Å². The number of rotatable bonds is 8. The van der Waals surface area contributed by atoms with Crippen LogP contribution in [0, 0.1) is 22.7 Å². The Hall–Kier alpha value is -1.10. The van der Waals surface area contributed by atoms with Crippen LogP contribution in [0.5, 0.6) is 0 Å². The van der Waals surface area contributed by atoms with E-state index < -0.39 is 0 Å². The fourth-order valence-corrected chi connectivity index (χ4v) is 12.0. The Morgan fingerprint density at radius 3 is 1.17 bits per heavy atom. The first kappa shape index (κ1) is 29.5. The maximum atomic E-state index is 2.79. The summed E-state index contributed by atoms with van der Waals surface area (Å²) in [5, 5.41) is 0. The molecule has 0 aromatic heterocycles. The van der Waals surface area contributed by atoms with Crippen LogP contribution in [0.4, 0.5) is 11.4 Å². The molecule has 200 valence electrons. The molecule has 0 saturated carbocycles. The maximum absolute atomic E-state index is 2.79. The lowest BCUT2D eigenvalue weighted by Crippen LogP contribution is -2.36. The quantitative estimate of drug-likeness (QED) is 0.316. The van der Waals surface area contributed by atoms with Crippen molar-refractivity contribution < 1.29 is 0 Å². The lowest BCUT2D eigenvalue weighted by molar-refractivity contribution is 0.322. The Bertz CT molecular complexity index is 800. The van der Waals surface area contributed by atoms with Crippen LogP contribution in [-0.4, -0.2) is 37.5 Å². The van der Waals surface area contributed by atoms with Crippen LogP contribution in [0.1, 0.15) is 68.2 Å². The zero-order chi connectivity index (χ0) is 26.3. The first-order valence-electron chi connectivity index (χ1n) is 13.9. The predicted octanol–water partition coefficient (Wildman–Crippen LogP) is 9.95. The summed E-state index contributed by atoms with van der Waals surface area (Å²) in [7, 11) is -0.266. The third-order valence-electron chi connectivity index (χ3n) is 6.79. The molecule has 36 heavy (non-hydrogen) atoms. The first-order valence-corrected chi connectivity index (χ1v) is 17.7. The van der Waals surface area contributed by atoms with E-state index in [-0.39, 0.29) is 15.8 Å². The fraction of sp³-hybridized carbons (Fsp3) is 0.625. The van der Waals surface area contributed by atoms with E-state index in [1.54, 1.807) is 0 Å². The van der Waals surface area contributed by atoms with E-state index in [2.05, 4.69) is 126 Å². The van der Waals surface area contributed by atoms with Gasteiger partial charge >= 0.3 is 0 Å². The molecule has 2 nitrogen and oxygen atoms in total. The van der Waals surface area contributed by atoms with Gasteiger partial charge in [0.2, 0.25) is 0 Å². The van der Waals surface area contributed by atoms with E-state index in [4.69, 9.17) is 0 Å². The van der Waals surface area contributed by atoms with Crippen molar-refractivity contribution in [3.05, 3.63) is 60.7 Å². The summed E-state index contributed by atoms with van der Waals surface area (Å²) < 4.78 is 0. The van der Waals surface area contributed by atoms with Gasteiger partial charge in [0.15, 0.2) is 0 Å². The molecule has 0 aliphatic carbocycles. The third-order valence-corrected chi connectivity index (χ3v) is 12.0. The summed E-state index contributed by atoms with van der Waals surface area (Å²) in [5.41, 5.74) is 3.65. The van der Waals surface area contributed by atoms with Gasteiger partial charge in [0.05, 0.1) is 0 Å². The van der Waals surface area contributed by atoms with Gasteiger partial charge in [-0.15, -0.1) is 0 Å². The van der Waals surface area contributed by atoms with Gasteiger partial charge in [0.25, 0.3) is 0 Å². The Morgan fingerprint density at radius 2 is 0.889 bits per heavy atom. The van der Waals surface area contributed by atoms with Crippen LogP contribution in [-0.2, 0) is 0 Å². The highest BCUT2D eigenvalue weighted by molar-refractivity contribution is 7.60. The van der Waals surface area contributed by atoms with E-state index in [1.807, 2.05) is 0 Å². The number of para-hydroxylation sites is 2. The van der Waals surface area contributed by atoms with Gasteiger partial charge in [-0.3, -0.25) is 0 Å². The summed E-state index contributed by atoms with van der Waals surface area (Å²) in [6.07, 6.45) is 10.2. The number of hydrogen-bond acceptors (Lipinski definition) is 2. The molecule has 0 spiro atoms. The highest BCUT2D eigenvalue weighted by atomic mass is 31.1. The molecule has 2 unspecified atom stereocenters. The highest BCUT2D eigenvalue weighted by Gasteiger charge is 2.29. The average Bonchev–Trinajstić information content (AvgIpc) is 2.75. The van der Waals surface area contributed by atoms with Crippen molar-refractivity contribution in [3.8, 4) is 0 Å². The Kier molecular flexibility index (Phi) is 10.7. The van der Waals surface area contributed by atoms with Crippen LogP contribution < -0.4 is 9.80 Å². The lowest BCUT2D eigenvalue weighted by atomic mass is 9.86. The Balaban J connectivity index is 1.87. The van der Waals surface area contributed by atoms with Gasteiger partial charge in [-0.1, -0.05) is 108 Å². The fourth-order valence-electron chi connectivity index (χ4n) is 6.08. The molecule has 0 N–H and O–H groups in total. The van der Waals surface area contributed by atoms with Gasteiger partial charge in [-0.2, -0.15) is 0 Å². The van der Waals surface area contributed by atoms with Crippen LogP contribution in [0.15, 0.2) is 60.7 Å². The second-order valence-corrected chi connectivity index (χ2v) is 18.3. The number of nitrogens with zero attached hydrogens (tertiary/aromatic N) is 2. The molecule has 2 aromatic rings. The van der Waals surface area contributed by atoms with Crippen molar-refractivity contribution in [2.24, 2.45) is 22.7 Å². The minimum atomic E-state index is -0.133. The van der Waals surface area contributed by atoms with Gasteiger partial charge in [0, 0.05) is 36.5 Å². The molecule has 4 heteroatoms. The lowest BCUT2D eigenvalue weighted by Gasteiger charge is -2.43. The standard InChI is InChI=1S/C32H52N2P2/c1-27(19-31(3,4)5)21-35-23-33(29-15-11-9-12-16-29)25-36(22-28(2)20-32(6,7)8)26-34(24-35)30-17-13-10-14-18-30/h9-18,27-28H,19-26H2,1-8H3. The molecule has 0 radical (unpaired) electrons. The molecule has 2 aromatic carbocycles. The van der Waals surface area contributed by atoms with E-state index in [9.17, 15) is 0 Å². The monoisotopic (exact) mass is 526 g/mol. The largest absolute Gasteiger partial charge is 0.363 e. The summed E-state index contributed by atoms with van der Waals surface area (Å²) in [6, 6.07) is 22.6. The van der Waals surface area contributed by atoms with Crippen LogP contribution in [0.2, 0.25) is 0 Å². The molecule has 3 rings (SSSR count). The zero-order valence-corrected chi connectivity index (χ0v) is 26.2. The summed E-state index contributed by atoms with van der Waals surface area (Å²) in [6.45, 7) is 19.4. The molecule has 1 saturated heterocycles. The smallest absolute Gasteiger partial charge is 0.0397 e. The van der Waals surface area contributed by atoms with E-state index in [0.29, 0.717) is 10.8 Å².